The van der Waals surface area contributed by atoms with Crippen molar-refractivity contribution in [2.24, 2.45) is 0 Å². The van der Waals surface area contributed by atoms with E-state index in [1.165, 1.54) is 4.31 Å². The van der Waals surface area contributed by atoms with E-state index in [9.17, 15) is 13.2 Å². The molecule has 0 bridgehead atoms. The second kappa shape index (κ2) is 7.69. The zero-order chi connectivity index (χ0) is 22.3. The topological polar surface area (TPSA) is 75.7 Å². The Morgan fingerprint density at radius 2 is 1.50 bits per heavy atom. The van der Waals surface area contributed by atoms with Crippen LogP contribution >= 0.6 is 0 Å². The maximum absolute atomic E-state index is 13.2. The van der Waals surface area contributed by atoms with Crippen LogP contribution < -0.4 is 14.4 Å². The molecule has 1 atom stereocenters. The molecule has 7 heteroatoms. The number of carbonyl (C=O) groups excluding carboxylic acids is 1. The number of anilines is 2. The number of para-hydroxylation sites is 1. The number of hydrogen-bond donors (Lipinski definition) is 1. The lowest BCUT2D eigenvalue weighted by Crippen LogP contribution is -2.43. The predicted octanol–water partition coefficient (Wildman–Crippen LogP) is 5.17. The third-order valence-electron chi connectivity index (χ3n) is 5.45. The monoisotopic (exact) mass is 444 g/mol. The van der Waals surface area contributed by atoms with Crippen molar-refractivity contribution in [1.82, 2.24) is 0 Å². The summed E-state index contributed by atoms with van der Waals surface area (Å²) in [5.74, 6) is 0.924. The van der Waals surface area contributed by atoms with Gasteiger partial charge in [0, 0.05) is 11.1 Å². The lowest BCUT2D eigenvalue weighted by Gasteiger charge is -2.25. The third-order valence-corrected chi connectivity index (χ3v) is 7.38. The van der Waals surface area contributed by atoms with Crippen LogP contribution in [0.15, 0.2) is 95.9 Å². The van der Waals surface area contributed by atoms with E-state index in [1.807, 2.05) is 42.5 Å². The second-order valence-corrected chi connectivity index (χ2v) is 9.32. The van der Waals surface area contributed by atoms with Gasteiger partial charge in [0.25, 0.3) is 10.0 Å². The van der Waals surface area contributed by atoms with Crippen molar-refractivity contribution >= 4 is 38.1 Å². The van der Waals surface area contributed by atoms with Crippen LogP contribution in [0.4, 0.5) is 11.4 Å². The summed E-state index contributed by atoms with van der Waals surface area (Å²) in [5.41, 5.74) is 1.07. The molecule has 6 nitrogen and oxygen atoms in total. The molecule has 1 amide bonds. The Labute approximate surface area is 186 Å². The summed E-state index contributed by atoms with van der Waals surface area (Å²) >= 11 is 0. The van der Waals surface area contributed by atoms with E-state index in [-0.39, 0.29) is 4.90 Å². The van der Waals surface area contributed by atoms with E-state index in [2.05, 4.69) is 5.32 Å². The van der Waals surface area contributed by atoms with Crippen LogP contribution in [0.3, 0.4) is 0 Å². The summed E-state index contributed by atoms with van der Waals surface area (Å²) in [7, 11) is -3.82. The average Bonchev–Trinajstić information content (AvgIpc) is 3.03. The minimum absolute atomic E-state index is 0.229. The van der Waals surface area contributed by atoms with Gasteiger partial charge in [-0.15, -0.1) is 0 Å². The molecule has 0 saturated heterocycles. The Kier molecular flexibility index (Phi) is 4.83. The summed E-state index contributed by atoms with van der Waals surface area (Å²) in [6.45, 7) is 1.59. The van der Waals surface area contributed by atoms with Gasteiger partial charge in [-0.25, -0.2) is 8.42 Å². The number of rotatable bonds is 5. The summed E-state index contributed by atoms with van der Waals surface area (Å²) < 4.78 is 33.4. The predicted molar refractivity (Wildman–Crippen MR) is 125 cm³/mol. The van der Waals surface area contributed by atoms with Gasteiger partial charge in [-0.3, -0.25) is 9.10 Å². The summed E-state index contributed by atoms with van der Waals surface area (Å²) in [6, 6.07) is 25.9. The van der Waals surface area contributed by atoms with E-state index in [0.29, 0.717) is 28.3 Å². The first-order valence-corrected chi connectivity index (χ1v) is 11.6. The Hall–Kier alpha value is -3.84. The fourth-order valence-corrected chi connectivity index (χ4v) is 5.79. The molecule has 0 radical (unpaired) electrons. The molecule has 1 aliphatic heterocycles. The number of nitrogens with zero attached hydrogens (tertiary/aromatic N) is 1. The lowest BCUT2D eigenvalue weighted by molar-refractivity contribution is -0.116. The molecule has 0 aromatic heterocycles. The highest BCUT2D eigenvalue weighted by Gasteiger charge is 2.40. The fraction of sp³-hybridized carbons (Fsp3) is 0.0800. The van der Waals surface area contributed by atoms with Crippen LogP contribution in [0.5, 0.6) is 11.5 Å². The molecular weight excluding hydrogens is 424 g/mol. The lowest BCUT2D eigenvalue weighted by atomic mass is 10.1. The van der Waals surface area contributed by atoms with Crippen molar-refractivity contribution in [3.05, 3.63) is 91.0 Å². The van der Waals surface area contributed by atoms with Gasteiger partial charge in [-0.1, -0.05) is 42.5 Å². The number of ether oxygens (including phenoxy) is 1. The van der Waals surface area contributed by atoms with Crippen molar-refractivity contribution in [2.75, 3.05) is 9.62 Å². The number of benzene rings is 4. The highest BCUT2D eigenvalue weighted by molar-refractivity contribution is 7.93. The van der Waals surface area contributed by atoms with Gasteiger partial charge < -0.3 is 10.1 Å². The summed E-state index contributed by atoms with van der Waals surface area (Å²) in [4.78, 5) is 13.2. The quantitative estimate of drug-likeness (QED) is 0.461. The van der Waals surface area contributed by atoms with E-state index in [4.69, 9.17) is 4.74 Å². The van der Waals surface area contributed by atoms with Gasteiger partial charge in [-0.2, -0.15) is 0 Å². The number of nitrogens with one attached hydrogen (secondary N) is 1. The molecule has 0 spiro atoms. The van der Waals surface area contributed by atoms with Crippen LogP contribution in [-0.4, -0.2) is 20.4 Å². The van der Waals surface area contributed by atoms with Crippen LogP contribution in [0.2, 0.25) is 0 Å². The normalized spacial score (nSPS) is 14.8. The molecule has 0 saturated carbocycles. The first-order chi connectivity index (χ1) is 15.4. The largest absolute Gasteiger partial charge is 0.457 e. The number of sulfonamides is 1. The molecule has 160 valence electrons. The zero-order valence-electron chi connectivity index (χ0n) is 17.2. The highest BCUT2D eigenvalue weighted by atomic mass is 32.2. The summed E-state index contributed by atoms with van der Waals surface area (Å²) in [5, 5.41) is 4.28. The molecule has 32 heavy (non-hydrogen) atoms. The Morgan fingerprint density at radius 3 is 2.22 bits per heavy atom. The van der Waals surface area contributed by atoms with Crippen LogP contribution in [-0.2, 0) is 14.8 Å². The maximum atomic E-state index is 13.2. The molecule has 1 aliphatic rings. The fourth-order valence-electron chi connectivity index (χ4n) is 3.92. The van der Waals surface area contributed by atoms with E-state index >= 15 is 0 Å². The van der Waals surface area contributed by atoms with Gasteiger partial charge in [0.15, 0.2) is 0 Å². The van der Waals surface area contributed by atoms with Gasteiger partial charge in [-0.05, 0) is 60.8 Å². The van der Waals surface area contributed by atoms with Crippen molar-refractivity contribution in [3.8, 4) is 11.5 Å². The first-order valence-electron chi connectivity index (χ1n) is 10.2. The van der Waals surface area contributed by atoms with Crippen molar-refractivity contribution in [2.45, 2.75) is 17.9 Å². The van der Waals surface area contributed by atoms with Crippen LogP contribution in [0.1, 0.15) is 6.92 Å². The van der Waals surface area contributed by atoms with E-state index in [0.717, 1.165) is 5.39 Å². The maximum Gasteiger partial charge on any atom is 0.265 e. The minimum Gasteiger partial charge on any atom is -0.457 e. The third kappa shape index (κ3) is 3.36. The zero-order valence-corrected chi connectivity index (χ0v) is 18.0. The Balaban J connectivity index is 1.36. The van der Waals surface area contributed by atoms with E-state index in [1.54, 1.807) is 55.5 Å². The average molecular weight is 445 g/mol. The molecule has 5 rings (SSSR count). The summed E-state index contributed by atoms with van der Waals surface area (Å²) in [6.07, 6.45) is 0. The van der Waals surface area contributed by atoms with Crippen molar-refractivity contribution in [1.29, 1.82) is 0 Å². The minimum atomic E-state index is -3.82. The number of hydrogen-bond acceptors (Lipinski definition) is 4. The Bertz CT molecular complexity index is 1410. The molecule has 1 unspecified atom stereocenters. The number of amides is 1. The van der Waals surface area contributed by atoms with E-state index < -0.39 is 22.0 Å². The molecule has 0 fully saturated rings. The van der Waals surface area contributed by atoms with Gasteiger partial charge >= 0.3 is 0 Å². The van der Waals surface area contributed by atoms with Gasteiger partial charge in [0.1, 0.15) is 17.5 Å². The first kappa shape index (κ1) is 20.1. The molecule has 4 aromatic rings. The number of carbonyl (C=O) groups is 1. The second-order valence-electron chi connectivity index (χ2n) is 7.54. The molecular formula is C25H20N2O4S. The van der Waals surface area contributed by atoms with Crippen LogP contribution in [0, 0.1) is 0 Å². The van der Waals surface area contributed by atoms with Crippen molar-refractivity contribution in [3.63, 3.8) is 0 Å². The highest BCUT2D eigenvalue weighted by Crippen LogP contribution is 2.43. The Morgan fingerprint density at radius 1 is 0.844 bits per heavy atom. The smallest absolute Gasteiger partial charge is 0.265 e. The van der Waals surface area contributed by atoms with Gasteiger partial charge in [0.05, 0.1) is 10.6 Å². The van der Waals surface area contributed by atoms with Crippen molar-refractivity contribution < 1.29 is 17.9 Å². The SMILES string of the molecule is CC(C(=O)Nc1ccc(Oc2ccccc2)cc1)N1c2cccc3cccc(c23)S1(=O)=O. The molecule has 1 heterocycles. The standard InChI is InChI=1S/C25H20N2O4S/c1-17(27-22-11-5-7-18-8-6-12-23(24(18)22)32(27,29)30)25(28)26-19-13-15-21(16-14-19)31-20-9-3-2-4-10-20/h2-17H,1H3,(H,26,28). The van der Waals surface area contributed by atoms with Gasteiger partial charge in [0.2, 0.25) is 5.91 Å². The molecule has 4 aromatic carbocycles. The van der Waals surface area contributed by atoms with Crippen LogP contribution in [0.25, 0.3) is 10.8 Å². The molecule has 1 N–H and O–H groups in total. The molecule has 0 aliphatic carbocycles.